The summed E-state index contributed by atoms with van der Waals surface area (Å²) >= 11 is 0. The molecule has 0 unspecified atom stereocenters. The van der Waals surface area contributed by atoms with E-state index in [-0.39, 0.29) is 5.91 Å². The zero-order valence-electron chi connectivity index (χ0n) is 18.2. The predicted molar refractivity (Wildman–Crippen MR) is 120 cm³/mol. The zero-order chi connectivity index (χ0) is 21.9. The van der Waals surface area contributed by atoms with E-state index in [1.54, 1.807) is 6.20 Å². The van der Waals surface area contributed by atoms with Crippen LogP contribution in [0.1, 0.15) is 37.1 Å². The lowest BCUT2D eigenvalue weighted by atomic mass is 10.1. The maximum Gasteiger partial charge on any atom is 0.230 e. The lowest BCUT2D eigenvalue weighted by molar-refractivity contribution is -0.130. The van der Waals surface area contributed by atoms with Crippen LogP contribution in [0.15, 0.2) is 47.1 Å². The first-order chi connectivity index (χ1) is 15.7. The van der Waals surface area contributed by atoms with Gasteiger partial charge in [0.15, 0.2) is 0 Å². The number of benzene rings is 1. The Bertz CT molecular complexity index is 1050. The monoisotopic (exact) mass is 433 g/mol. The maximum absolute atomic E-state index is 12.7. The minimum Gasteiger partial charge on any atom is -0.494 e. The molecule has 3 aromatic rings. The molecule has 1 aliphatic carbocycles. The molecule has 8 nitrogen and oxygen atoms in total. The van der Waals surface area contributed by atoms with Gasteiger partial charge >= 0.3 is 0 Å². The normalized spacial score (nSPS) is 16.3. The molecule has 1 aromatic carbocycles. The van der Waals surface area contributed by atoms with Crippen molar-refractivity contribution in [3.8, 4) is 17.1 Å². The smallest absolute Gasteiger partial charge is 0.230 e. The Morgan fingerprint density at radius 3 is 2.53 bits per heavy atom. The standard InChI is InChI=1S/C24H27N5O3/c1-2-31-20-8-3-17(4-9-20)15-22(30)29-13-11-28(12-14-29)21-10-7-19(16-25-21)23-26-24(32-27-23)18-5-6-18/h3-4,7-10,16,18H,2,5-6,11-15H2,1H3. The average molecular weight is 434 g/mol. The molecule has 0 bridgehead atoms. The molecule has 0 radical (unpaired) electrons. The van der Waals surface area contributed by atoms with Crippen LogP contribution in [0.2, 0.25) is 0 Å². The summed E-state index contributed by atoms with van der Waals surface area (Å²) < 4.78 is 10.8. The molecule has 2 fully saturated rings. The first-order valence-electron chi connectivity index (χ1n) is 11.2. The minimum atomic E-state index is 0.153. The van der Waals surface area contributed by atoms with Crippen molar-refractivity contribution in [3.05, 3.63) is 54.0 Å². The third-order valence-corrected chi connectivity index (χ3v) is 5.92. The van der Waals surface area contributed by atoms with E-state index >= 15 is 0 Å². The van der Waals surface area contributed by atoms with Crippen LogP contribution >= 0.6 is 0 Å². The molecule has 8 heteroatoms. The molecule has 166 valence electrons. The van der Waals surface area contributed by atoms with Gasteiger partial charge in [-0.25, -0.2) is 4.98 Å². The van der Waals surface area contributed by atoms with E-state index in [0.29, 0.717) is 37.9 Å². The Morgan fingerprint density at radius 2 is 1.88 bits per heavy atom. The summed E-state index contributed by atoms with van der Waals surface area (Å²) in [5.74, 6) is 3.65. The van der Waals surface area contributed by atoms with Crippen LogP contribution in [-0.2, 0) is 11.2 Å². The molecule has 3 heterocycles. The molecule has 32 heavy (non-hydrogen) atoms. The summed E-state index contributed by atoms with van der Waals surface area (Å²) in [6, 6.07) is 11.7. The van der Waals surface area contributed by atoms with E-state index in [4.69, 9.17) is 9.26 Å². The molecule has 1 amide bonds. The minimum absolute atomic E-state index is 0.153. The molecule has 2 aliphatic rings. The van der Waals surface area contributed by atoms with Crippen molar-refractivity contribution in [2.75, 3.05) is 37.7 Å². The van der Waals surface area contributed by atoms with E-state index in [9.17, 15) is 4.79 Å². The number of pyridine rings is 1. The average Bonchev–Trinajstić information content (AvgIpc) is 3.57. The van der Waals surface area contributed by atoms with Crippen molar-refractivity contribution in [1.82, 2.24) is 20.0 Å². The van der Waals surface area contributed by atoms with Gasteiger partial charge in [-0.2, -0.15) is 4.98 Å². The molecule has 0 spiro atoms. The number of nitrogens with zero attached hydrogens (tertiary/aromatic N) is 5. The first-order valence-corrected chi connectivity index (χ1v) is 11.2. The predicted octanol–water partition coefficient (Wildman–Crippen LogP) is 3.30. The summed E-state index contributed by atoms with van der Waals surface area (Å²) in [5, 5.41) is 4.08. The highest BCUT2D eigenvalue weighted by Crippen LogP contribution is 2.39. The van der Waals surface area contributed by atoms with Crippen molar-refractivity contribution in [3.63, 3.8) is 0 Å². The van der Waals surface area contributed by atoms with Gasteiger partial charge in [0.25, 0.3) is 0 Å². The SMILES string of the molecule is CCOc1ccc(CC(=O)N2CCN(c3ccc(-c4noc(C5CC5)n4)cn3)CC2)cc1. The molecular weight excluding hydrogens is 406 g/mol. The molecule has 5 rings (SSSR count). The largest absolute Gasteiger partial charge is 0.494 e. The van der Waals surface area contributed by atoms with Crippen molar-refractivity contribution in [2.45, 2.75) is 32.1 Å². The first kappa shape index (κ1) is 20.5. The van der Waals surface area contributed by atoms with Gasteiger partial charge < -0.3 is 19.1 Å². The fourth-order valence-electron chi connectivity index (χ4n) is 3.90. The van der Waals surface area contributed by atoms with Gasteiger partial charge in [-0.1, -0.05) is 17.3 Å². The second-order valence-corrected chi connectivity index (χ2v) is 8.26. The van der Waals surface area contributed by atoms with E-state index in [2.05, 4.69) is 20.0 Å². The molecule has 0 N–H and O–H groups in total. The van der Waals surface area contributed by atoms with Crippen LogP contribution in [-0.4, -0.2) is 58.7 Å². The number of aromatic nitrogens is 3. The highest BCUT2D eigenvalue weighted by molar-refractivity contribution is 5.79. The van der Waals surface area contributed by atoms with Crippen LogP contribution in [0.25, 0.3) is 11.4 Å². The van der Waals surface area contributed by atoms with Crippen molar-refractivity contribution in [1.29, 1.82) is 0 Å². The van der Waals surface area contributed by atoms with Crippen LogP contribution in [0.4, 0.5) is 5.82 Å². The Labute approximate surface area is 187 Å². The molecule has 1 aliphatic heterocycles. The van der Waals surface area contributed by atoms with Gasteiger partial charge in [-0.05, 0) is 49.6 Å². The van der Waals surface area contributed by atoms with Crippen LogP contribution in [0.3, 0.4) is 0 Å². The lowest BCUT2D eigenvalue weighted by Crippen LogP contribution is -2.49. The number of rotatable bonds is 7. The Hall–Kier alpha value is -3.42. The topological polar surface area (TPSA) is 84.6 Å². The third-order valence-electron chi connectivity index (χ3n) is 5.92. The Kier molecular flexibility index (Phi) is 5.75. The second kappa shape index (κ2) is 8.98. The van der Waals surface area contributed by atoms with Crippen molar-refractivity contribution < 1.29 is 14.1 Å². The number of carbonyl (C=O) groups excluding carboxylic acids is 1. The number of ether oxygens (including phenoxy) is 1. The summed E-state index contributed by atoms with van der Waals surface area (Å²) in [6.07, 6.45) is 4.47. The van der Waals surface area contributed by atoms with Crippen molar-refractivity contribution in [2.24, 2.45) is 0 Å². The zero-order valence-corrected chi connectivity index (χ0v) is 18.2. The number of piperazine rings is 1. The number of hydrogen-bond acceptors (Lipinski definition) is 7. The number of amides is 1. The fraction of sp³-hybridized carbons (Fsp3) is 0.417. The van der Waals surface area contributed by atoms with Gasteiger partial charge in [-0.3, -0.25) is 4.79 Å². The lowest BCUT2D eigenvalue weighted by Gasteiger charge is -2.35. The molecular formula is C24H27N5O3. The maximum atomic E-state index is 12.7. The second-order valence-electron chi connectivity index (χ2n) is 8.26. The van der Waals surface area contributed by atoms with E-state index in [1.807, 2.05) is 48.2 Å². The third kappa shape index (κ3) is 4.59. The number of carbonyl (C=O) groups is 1. The van der Waals surface area contributed by atoms with Gasteiger partial charge in [0, 0.05) is 43.9 Å². The Morgan fingerprint density at radius 1 is 1.09 bits per heavy atom. The highest BCUT2D eigenvalue weighted by atomic mass is 16.5. The number of hydrogen-bond donors (Lipinski definition) is 0. The van der Waals surface area contributed by atoms with Crippen molar-refractivity contribution >= 4 is 11.7 Å². The van der Waals surface area contributed by atoms with Gasteiger partial charge in [0.1, 0.15) is 11.6 Å². The van der Waals surface area contributed by atoms with E-state index in [1.165, 1.54) is 0 Å². The van der Waals surface area contributed by atoms with Crippen LogP contribution < -0.4 is 9.64 Å². The van der Waals surface area contributed by atoms with Crippen LogP contribution in [0.5, 0.6) is 5.75 Å². The van der Waals surface area contributed by atoms with Gasteiger partial charge in [0.2, 0.25) is 17.6 Å². The summed E-state index contributed by atoms with van der Waals surface area (Å²) in [4.78, 5) is 25.9. The molecule has 1 saturated carbocycles. The quantitative estimate of drug-likeness (QED) is 0.565. The summed E-state index contributed by atoms with van der Waals surface area (Å²) in [6.45, 7) is 5.49. The number of anilines is 1. The summed E-state index contributed by atoms with van der Waals surface area (Å²) in [5.41, 5.74) is 1.86. The van der Waals surface area contributed by atoms with Gasteiger partial charge in [0.05, 0.1) is 13.0 Å². The summed E-state index contributed by atoms with van der Waals surface area (Å²) in [7, 11) is 0. The van der Waals surface area contributed by atoms with E-state index in [0.717, 1.165) is 54.5 Å². The molecule has 1 saturated heterocycles. The van der Waals surface area contributed by atoms with E-state index < -0.39 is 0 Å². The van der Waals surface area contributed by atoms with Crippen LogP contribution in [0, 0.1) is 0 Å². The fourth-order valence-corrected chi connectivity index (χ4v) is 3.90. The van der Waals surface area contributed by atoms with Gasteiger partial charge in [-0.15, -0.1) is 0 Å². The highest BCUT2D eigenvalue weighted by Gasteiger charge is 2.30. The molecule has 0 atom stereocenters. The molecule has 2 aromatic heterocycles. The Balaban J connectivity index is 1.14.